The summed E-state index contributed by atoms with van der Waals surface area (Å²) in [6.45, 7) is 2.21. The fourth-order valence-electron chi connectivity index (χ4n) is 5.16. The van der Waals surface area contributed by atoms with Gasteiger partial charge in [-0.25, -0.2) is 4.68 Å². The van der Waals surface area contributed by atoms with E-state index in [1.165, 1.54) is 0 Å². The molecule has 7 rings (SSSR count). The maximum atomic E-state index is 13.7. The van der Waals surface area contributed by atoms with Crippen molar-refractivity contribution >= 4 is 17.3 Å². The van der Waals surface area contributed by atoms with Crippen molar-refractivity contribution in [2.75, 3.05) is 12.1 Å². The number of hydrogen-bond donors (Lipinski definition) is 1. The number of ether oxygens (including phenoxy) is 2. The Morgan fingerprint density at radius 3 is 2.55 bits per heavy atom. The van der Waals surface area contributed by atoms with E-state index in [1.807, 2.05) is 84.4 Å². The predicted octanol–water partition coefficient (Wildman–Crippen LogP) is 5.07. The number of Topliss-reactive ketones (excluding diaryl/α,β-unsaturated/α-hetero) is 1. The number of carbonyl (C=O) groups excluding carboxylic acids is 1. The standard InChI is InChI=1S/C27H19N3O3/c1-15-22-23(16-11-12-20-21(13-16)33-14-32-20)24-25(18-9-5-6-10-19(18)26(24)31)28-27(22)30(29-15)17-7-3-2-4-8-17/h2-13,23,28H,14H2,1H3/t23-/m1/s1. The summed E-state index contributed by atoms with van der Waals surface area (Å²) in [5.41, 5.74) is 7.06. The van der Waals surface area contributed by atoms with Crippen molar-refractivity contribution in [2.24, 2.45) is 0 Å². The molecule has 6 nitrogen and oxygen atoms in total. The van der Waals surface area contributed by atoms with Crippen molar-refractivity contribution in [1.29, 1.82) is 0 Å². The van der Waals surface area contributed by atoms with Crippen LogP contribution in [0.1, 0.15) is 38.7 Å². The molecule has 1 N–H and O–H groups in total. The SMILES string of the molecule is Cc1nn(-c2ccccc2)c2c1[C@@H](c1ccc3c(c1)OCO3)C1=C(N2)c2ccccc2C1=O. The lowest BCUT2D eigenvalue weighted by molar-refractivity contribution is 0.103. The van der Waals surface area contributed by atoms with Crippen molar-refractivity contribution < 1.29 is 14.3 Å². The van der Waals surface area contributed by atoms with Gasteiger partial charge in [0.05, 0.1) is 17.1 Å². The average Bonchev–Trinajstić information content (AvgIpc) is 3.54. The second-order valence-corrected chi connectivity index (χ2v) is 8.43. The van der Waals surface area contributed by atoms with Crippen LogP contribution in [-0.4, -0.2) is 22.4 Å². The second kappa shape index (κ2) is 6.59. The molecule has 1 aliphatic carbocycles. The third-order valence-corrected chi connectivity index (χ3v) is 6.61. The van der Waals surface area contributed by atoms with Gasteiger partial charge >= 0.3 is 0 Å². The first kappa shape index (κ1) is 18.3. The minimum Gasteiger partial charge on any atom is -0.454 e. The van der Waals surface area contributed by atoms with Gasteiger partial charge in [0, 0.05) is 28.2 Å². The number of aryl methyl sites for hydroxylation is 1. The normalized spacial score (nSPS) is 17.5. The van der Waals surface area contributed by atoms with Crippen LogP contribution in [-0.2, 0) is 0 Å². The van der Waals surface area contributed by atoms with Gasteiger partial charge in [-0.05, 0) is 36.8 Å². The molecule has 0 amide bonds. The van der Waals surface area contributed by atoms with Gasteiger partial charge in [-0.2, -0.15) is 5.10 Å². The maximum absolute atomic E-state index is 13.7. The minimum absolute atomic E-state index is 0.0493. The van der Waals surface area contributed by atoms with Crippen molar-refractivity contribution in [3.05, 3.63) is 106 Å². The first-order valence-electron chi connectivity index (χ1n) is 10.9. The van der Waals surface area contributed by atoms with E-state index in [9.17, 15) is 4.79 Å². The van der Waals surface area contributed by atoms with E-state index in [-0.39, 0.29) is 18.5 Å². The second-order valence-electron chi connectivity index (χ2n) is 8.43. The zero-order valence-electron chi connectivity index (χ0n) is 17.8. The highest BCUT2D eigenvalue weighted by molar-refractivity contribution is 6.24. The maximum Gasteiger partial charge on any atom is 0.231 e. The summed E-state index contributed by atoms with van der Waals surface area (Å²) < 4.78 is 13.1. The Morgan fingerprint density at radius 1 is 0.939 bits per heavy atom. The van der Waals surface area contributed by atoms with Gasteiger partial charge in [0.1, 0.15) is 5.82 Å². The van der Waals surface area contributed by atoms with Crippen LogP contribution in [0, 0.1) is 6.92 Å². The Balaban J connectivity index is 1.50. The summed E-state index contributed by atoms with van der Waals surface area (Å²) in [5.74, 6) is 2.08. The number of hydrogen-bond acceptors (Lipinski definition) is 5. The molecule has 4 aromatic rings. The Morgan fingerprint density at radius 2 is 1.70 bits per heavy atom. The van der Waals surface area contributed by atoms with E-state index in [0.29, 0.717) is 5.75 Å². The number of allylic oxidation sites excluding steroid dienone is 1. The number of nitrogens with one attached hydrogen (secondary N) is 1. The molecule has 0 unspecified atom stereocenters. The van der Waals surface area contributed by atoms with Crippen molar-refractivity contribution in [2.45, 2.75) is 12.8 Å². The Labute approximate surface area is 190 Å². The van der Waals surface area contributed by atoms with Gasteiger partial charge < -0.3 is 14.8 Å². The van der Waals surface area contributed by atoms with E-state index in [4.69, 9.17) is 14.6 Å². The zero-order chi connectivity index (χ0) is 22.1. The third kappa shape index (κ3) is 2.49. The average molecular weight is 433 g/mol. The number of carbonyl (C=O) groups is 1. The predicted molar refractivity (Wildman–Crippen MR) is 124 cm³/mol. The molecular formula is C27H19N3O3. The number of aromatic nitrogens is 2. The molecule has 3 aliphatic rings. The molecule has 0 fully saturated rings. The molecule has 1 aromatic heterocycles. The van der Waals surface area contributed by atoms with Crippen LogP contribution in [0.5, 0.6) is 11.5 Å². The van der Waals surface area contributed by atoms with Crippen molar-refractivity contribution in [3.63, 3.8) is 0 Å². The van der Waals surface area contributed by atoms with Crippen molar-refractivity contribution in [3.8, 4) is 17.2 Å². The molecule has 0 saturated heterocycles. The van der Waals surface area contributed by atoms with Crippen LogP contribution in [0.25, 0.3) is 11.4 Å². The van der Waals surface area contributed by atoms with E-state index in [2.05, 4.69) is 5.32 Å². The number of para-hydroxylation sites is 1. The summed E-state index contributed by atoms with van der Waals surface area (Å²) >= 11 is 0. The van der Waals surface area contributed by atoms with E-state index in [0.717, 1.165) is 56.5 Å². The molecule has 2 aliphatic heterocycles. The van der Waals surface area contributed by atoms with Crippen LogP contribution in [0.4, 0.5) is 5.82 Å². The van der Waals surface area contributed by atoms with Crippen LogP contribution >= 0.6 is 0 Å². The highest BCUT2D eigenvalue weighted by atomic mass is 16.7. The highest BCUT2D eigenvalue weighted by Gasteiger charge is 2.43. The molecule has 33 heavy (non-hydrogen) atoms. The third-order valence-electron chi connectivity index (χ3n) is 6.61. The van der Waals surface area contributed by atoms with Gasteiger partial charge in [-0.15, -0.1) is 0 Å². The monoisotopic (exact) mass is 433 g/mol. The lowest BCUT2D eigenvalue weighted by Gasteiger charge is -2.27. The molecule has 160 valence electrons. The smallest absolute Gasteiger partial charge is 0.231 e. The van der Waals surface area contributed by atoms with Crippen LogP contribution in [0.3, 0.4) is 0 Å². The molecule has 3 aromatic carbocycles. The highest BCUT2D eigenvalue weighted by Crippen LogP contribution is 2.51. The number of rotatable bonds is 2. The fraction of sp³-hybridized carbons (Fsp3) is 0.111. The summed E-state index contributed by atoms with van der Waals surface area (Å²) in [6.07, 6.45) is 0. The van der Waals surface area contributed by atoms with Crippen LogP contribution in [0.2, 0.25) is 0 Å². The first-order valence-corrected chi connectivity index (χ1v) is 10.9. The van der Waals surface area contributed by atoms with Gasteiger partial charge in [-0.3, -0.25) is 4.79 Å². The van der Waals surface area contributed by atoms with Gasteiger partial charge in [-0.1, -0.05) is 48.5 Å². The molecule has 0 spiro atoms. The topological polar surface area (TPSA) is 65.4 Å². The Kier molecular flexibility index (Phi) is 3.65. The van der Waals surface area contributed by atoms with Gasteiger partial charge in [0.2, 0.25) is 6.79 Å². The fourth-order valence-corrected chi connectivity index (χ4v) is 5.16. The summed E-state index contributed by atoms with van der Waals surface area (Å²) in [4.78, 5) is 13.7. The number of fused-ring (bicyclic) bond motifs is 4. The largest absolute Gasteiger partial charge is 0.454 e. The number of benzene rings is 3. The molecule has 3 heterocycles. The van der Waals surface area contributed by atoms with Gasteiger partial charge in [0.15, 0.2) is 17.3 Å². The molecule has 0 bridgehead atoms. The van der Waals surface area contributed by atoms with Crippen LogP contribution < -0.4 is 14.8 Å². The Bertz CT molecular complexity index is 1500. The quantitative estimate of drug-likeness (QED) is 0.478. The number of anilines is 1. The molecule has 0 saturated carbocycles. The van der Waals surface area contributed by atoms with Crippen LogP contribution in [0.15, 0.2) is 78.4 Å². The lowest BCUT2D eigenvalue weighted by atomic mass is 9.81. The first-order chi connectivity index (χ1) is 16.2. The van der Waals surface area contributed by atoms with Crippen molar-refractivity contribution in [1.82, 2.24) is 9.78 Å². The lowest BCUT2D eigenvalue weighted by Crippen LogP contribution is -2.20. The van der Waals surface area contributed by atoms with E-state index < -0.39 is 0 Å². The minimum atomic E-state index is -0.275. The number of ketones is 1. The molecule has 1 atom stereocenters. The van der Waals surface area contributed by atoms with E-state index >= 15 is 0 Å². The summed E-state index contributed by atoms with van der Waals surface area (Å²) in [5, 5.41) is 8.47. The zero-order valence-corrected chi connectivity index (χ0v) is 17.8. The number of nitrogens with zero attached hydrogens (tertiary/aromatic N) is 2. The van der Waals surface area contributed by atoms with Gasteiger partial charge in [0.25, 0.3) is 0 Å². The molecule has 6 heteroatoms. The summed E-state index contributed by atoms with van der Waals surface area (Å²) in [6, 6.07) is 23.7. The summed E-state index contributed by atoms with van der Waals surface area (Å²) in [7, 11) is 0. The molecular weight excluding hydrogens is 414 g/mol. The van der Waals surface area contributed by atoms with E-state index in [1.54, 1.807) is 0 Å². The Hall–Kier alpha value is -4.32. The molecule has 0 radical (unpaired) electrons.